The summed E-state index contributed by atoms with van der Waals surface area (Å²) in [5.74, 6) is 0.227. The number of hydrogen-bond acceptors (Lipinski definition) is 3. The molecular weight excluding hydrogens is 288 g/mol. The molecule has 0 unspecified atom stereocenters. The lowest BCUT2D eigenvalue weighted by Crippen LogP contribution is -2.43. The number of amides is 1. The lowest BCUT2D eigenvalue weighted by molar-refractivity contribution is -0.138. The van der Waals surface area contributed by atoms with Crippen LogP contribution in [0.1, 0.15) is 32.1 Å². The van der Waals surface area contributed by atoms with E-state index in [1.54, 1.807) is 0 Å². The third-order valence-corrected chi connectivity index (χ3v) is 3.71. The van der Waals surface area contributed by atoms with Crippen LogP contribution in [0.3, 0.4) is 0 Å². The van der Waals surface area contributed by atoms with E-state index >= 15 is 0 Å². The highest BCUT2D eigenvalue weighted by Gasteiger charge is 2.27. The molecule has 1 aliphatic rings. The van der Waals surface area contributed by atoms with Gasteiger partial charge in [-0.3, -0.25) is 4.79 Å². The third kappa shape index (κ3) is 7.11. The first-order chi connectivity index (χ1) is 9.72. The molecule has 0 bridgehead atoms. The van der Waals surface area contributed by atoms with Crippen molar-refractivity contribution in [3.05, 3.63) is 25.3 Å². The number of nitrogens with two attached hydrogens (primary N) is 1. The van der Waals surface area contributed by atoms with Crippen LogP contribution in [-0.2, 0) is 9.53 Å². The van der Waals surface area contributed by atoms with Crippen LogP contribution < -0.4 is 5.73 Å². The van der Waals surface area contributed by atoms with Crippen molar-refractivity contribution >= 4 is 18.3 Å². The number of allylic oxidation sites excluding steroid dienone is 2. The topological polar surface area (TPSA) is 55.6 Å². The summed E-state index contributed by atoms with van der Waals surface area (Å²) in [5.41, 5.74) is 5.45. The van der Waals surface area contributed by atoms with Gasteiger partial charge in [-0.25, -0.2) is 0 Å². The molecule has 1 aliphatic heterocycles. The molecule has 5 heteroatoms. The molecule has 1 saturated heterocycles. The Bertz CT molecular complexity index is 305. The molecule has 1 heterocycles. The van der Waals surface area contributed by atoms with Gasteiger partial charge in [0.25, 0.3) is 0 Å². The van der Waals surface area contributed by atoms with Gasteiger partial charge in [-0.1, -0.05) is 12.2 Å². The van der Waals surface area contributed by atoms with Crippen LogP contribution in [0, 0.1) is 5.92 Å². The minimum atomic E-state index is -0.000270. The Balaban J connectivity index is 0.00000400. The lowest BCUT2D eigenvalue weighted by atomic mass is 9.97. The molecule has 0 aromatic heterocycles. The van der Waals surface area contributed by atoms with Gasteiger partial charge in [-0.05, 0) is 38.6 Å². The fourth-order valence-electron chi connectivity index (χ4n) is 2.53. The molecule has 1 amide bonds. The quantitative estimate of drug-likeness (QED) is 0.525. The van der Waals surface area contributed by atoms with Crippen molar-refractivity contribution in [1.29, 1.82) is 0 Å². The number of halogens is 1. The number of carbonyl (C=O) groups excluding carboxylic acids is 1. The van der Waals surface area contributed by atoms with Crippen molar-refractivity contribution in [2.75, 3.05) is 26.2 Å². The number of carbonyl (C=O) groups is 1. The summed E-state index contributed by atoms with van der Waals surface area (Å²) in [4.78, 5) is 14.4. The molecule has 122 valence electrons. The number of piperidine rings is 1. The summed E-state index contributed by atoms with van der Waals surface area (Å²) in [6, 6.07) is 0. The Morgan fingerprint density at radius 3 is 2.33 bits per heavy atom. The van der Waals surface area contributed by atoms with Gasteiger partial charge >= 0.3 is 0 Å². The zero-order valence-corrected chi connectivity index (χ0v) is 13.7. The van der Waals surface area contributed by atoms with E-state index in [9.17, 15) is 4.79 Å². The molecule has 0 saturated carbocycles. The smallest absolute Gasteiger partial charge is 0.226 e. The van der Waals surface area contributed by atoms with Gasteiger partial charge in [-0.2, -0.15) is 0 Å². The highest BCUT2D eigenvalue weighted by Crippen LogP contribution is 2.19. The molecule has 0 aromatic carbocycles. The monoisotopic (exact) mass is 316 g/mol. The maximum absolute atomic E-state index is 12.4. The van der Waals surface area contributed by atoms with Gasteiger partial charge in [-0.15, -0.1) is 25.6 Å². The lowest BCUT2D eigenvalue weighted by Gasteiger charge is -2.34. The molecule has 0 aliphatic carbocycles. The van der Waals surface area contributed by atoms with Crippen LogP contribution in [0.15, 0.2) is 25.3 Å². The second-order valence-electron chi connectivity index (χ2n) is 5.28. The summed E-state index contributed by atoms with van der Waals surface area (Å²) in [6.45, 7) is 10.4. The van der Waals surface area contributed by atoms with Crippen molar-refractivity contribution < 1.29 is 9.53 Å². The Morgan fingerprint density at radius 2 is 1.86 bits per heavy atom. The van der Waals surface area contributed by atoms with Crippen LogP contribution in [-0.4, -0.2) is 43.2 Å². The SMILES string of the molecule is C=CCC(CC=C)C(=O)N1CCC(OCCCN)CC1.Cl. The third-order valence-electron chi connectivity index (χ3n) is 3.71. The van der Waals surface area contributed by atoms with Gasteiger partial charge in [0.2, 0.25) is 5.91 Å². The van der Waals surface area contributed by atoms with Gasteiger partial charge in [0.1, 0.15) is 0 Å². The molecule has 0 atom stereocenters. The number of ether oxygens (including phenoxy) is 1. The zero-order chi connectivity index (χ0) is 14.8. The minimum absolute atomic E-state index is 0. The van der Waals surface area contributed by atoms with Crippen LogP contribution in [0.2, 0.25) is 0 Å². The summed E-state index contributed by atoms with van der Waals surface area (Å²) in [6.07, 6.45) is 8.10. The highest BCUT2D eigenvalue weighted by atomic mass is 35.5. The van der Waals surface area contributed by atoms with E-state index in [0.29, 0.717) is 6.54 Å². The van der Waals surface area contributed by atoms with E-state index in [1.165, 1.54) is 0 Å². The molecule has 1 fully saturated rings. The van der Waals surface area contributed by atoms with E-state index in [2.05, 4.69) is 13.2 Å². The Hall–Kier alpha value is -0.840. The standard InChI is InChI=1S/C16H28N2O2.ClH/c1-3-6-14(7-4-2)16(19)18-11-8-15(9-12-18)20-13-5-10-17;/h3-4,14-15H,1-2,5-13,17H2;1H. The average Bonchev–Trinajstić information content (AvgIpc) is 2.47. The van der Waals surface area contributed by atoms with E-state index < -0.39 is 0 Å². The fraction of sp³-hybridized carbons (Fsp3) is 0.688. The van der Waals surface area contributed by atoms with Crippen LogP contribution in [0.4, 0.5) is 0 Å². The second kappa shape index (κ2) is 11.8. The first kappa shape index (κ1) is 20.2. The van der Waals surface area contributed by atoms with Gasteiger partial charge < -0.3 is 15.4 Å². The number of nitrogens with zero attached hydrogens (tertiary/aromatic N) is 1. The van der Waals surface area contributed by atoms with Crippen LogP contribution in [0.25, 0.3) is 0 Å². The van der Waals surface area contributed by atoms with Gasteiger partial charge in [0.05, 0.1) is 6.10 Å². The summed E-state index contributed by atoms with van der Waals surface area (Å²) in [5, 5.41) is 0. The van der Waals surface area contributed by atoms with Crippen molar-refractivity contribution in [2.24, 2.45) is 11.7 Å². The Labute approximate surface area is 134 Å². The van der Waals surface area contributed by atoms with E-state index in [1.807, 2.05) is 17.1 Å². The number of rotatable bonds is 9. The first-order valence-corrected chi connectivity index (χ1v) is 7.55. The predicted octanol–water partition coefficient (Wildman–Crippen LogP) is 2.53. The van der Waals surface area contributed by atoms with Crippen LogP contribution in [0.5, 0.6) is 0 Å². The van der Waals surface area contributed by atoms with E-state index in [0.717, 1.165) is 51.8 Å². The van der Waals surface area contributed by atoms with Crippen LogP contribution >= 0.6 is 12.4 Å². The molecule has 4 nitrogen and oxygen atoms in total. The van der Waals surface area contributed by atoms with Crippen molar-refractivity contribution in [3.8, 4) is 0 Å². The molecule has 0 radical (unpaired) electrons. The second-order valence-corrected chi connectivity index (χ2v) is 5.28. The van der Waals surface area contributed by atoms with Crippen molar-refractivity contribution in [2.45, 2.75) is 38.2 Å². The fourth-order valence-corrected chi connectivity index (χ4v) is 2.53. The number of likely N-dealkylation sites (tertiary alicyclic amines) is 1. The van der Waals surface area contributed by atoms with Gasteiger partial charge in [0.15, 0.2) is 0 Å². The Kier molecular flexibility index (Phi) is 11.3. The maximum Gasteiger partial charge on any atom is 0.226 e. The normalized spacial score (nSPS) is 15.6. The van der Waals surface area contributed by atoms with Gasteiger partial charge in [0, 0.05) is 25.6 Å². The minimum Gasteiger partial charge on any atom is -0.378 e. The van der Waals surface area contributed by atoms with E-state index in [-0.39, 0.29) is 30.3 Å². The maximum atomic E-state index is 12.4. The molecule has 2 N–H and O–H groups in total. The predicted molar refractivity (Wildman–Crippen MR) is 89.6 cm³/mol. The summed E-state index contributed by atoms with van der Waals surface area (Å²) < 4.78 is 5.76. The van der Waals surface area contributed by atoms with E-state index in [4.69, 9.17) is 10.5 Å². The highest BCUT2D eigenvalue weighted by molar-refractivity contribution is 5.85. The average molecular weight is 317 g/mol. The first-order valence-electron chi connectivity index (χ1n) is 7.55. The van der Waals surface area contributed by atoms with Crippen molar-refractivity contribution in [1.82, 2.24) is 4.90 Å². The molecule has 0 aromatic rings. The molecule has 0 spiro atoms. The molecule has 1 rings (SSSR count). The molecule has 21 heavy (non-hydrogen) atoms. The summed E-state index contributed by atoms with van der Waals surface area (Å²) >= 11 is 0. The Morgan fingerprint density at radius 1 is 1.29 bits per heavy atom. The van der Waals surface area contributed by atoms with Crippen molar-refractivity contribution in [3.63, 3.8) is 0 Å². The summed E-state index contributed by atoms with van der Waals surface area (Å²) in [7, 11) is 0. The number of hydrogen-bond donors (Lipinski definition) is 1. The largest absolute Gasteiger partial charge is 0.378 e. The zero-order valence-electron chi connectivity index (χ0n) is 12.8. The molecular formula is C16H29ClN2O2.